The van der Waals surface area contributed by atoms with Crippen molar-refractivity contribution in [3.8, 4) is 17.1 Å². The lowest BCUT2D eigenvalue weighted by Gasteiger charge is -2.26. The molecule has 28 heavy (non-hydrogen) atoms. The molecule has 1 fully saturated rings. The second-order valence-electron chi connectivity index (χ2n) is 7.55. The van der Waals surface area contributed by atoms with E-state index in [9.17, 15) is 0 Å². The van der Waals surface area contributed by atoms with E-state index in [2.05, 4.69) is 39.2 Å². The Morgan fingerprint density at radius 3 is 2.86 bits per heavy atom. The number of nitrogens with zero attached hydrogens (tertiary/aromatic N) is 3. The van der Waals surface area contributed by atoms with Crippen LogP contribution in [0.2, 0.25) is 0 Å². The third kappa shape index (κ3) is 3.34. The van der Waals surface area contributed by atoms with Crippen LogP contribution in [-0.2, 0) is 30.7 Å². The van der Waals surface area contributed by atoms with E-state index < -0.39 is 0 Å². The number of aryl methyl sites for hydroxylation is 1. The van der Waals surface area contributed by atoms with Crippen molar-refractivity contribution in [1.82, 2.24) is 14.6 Å². The Labute approximate surface area is 164 Å². The van der Waals surface area contributed by atoms with E-state index >= 15 is 0 Å². The molecule has 146 valence electrons. The SMILES string of the molecule is COc1cccc(Cn2cc3c(c2)-c2onc(CN4CCOCC4)c2CC3)c1. The summed E-state index contributed by atoms with van der Waals surface area (Å²) >= 11 is 0. The van der Waals surface area contributed by atoms with Gasteiger partial charge in [-0.3, -0.25) is 4.90 Å². The molecule has 0 unspecified atom stereocenters. The Hall–Kier alpha value is -2.57. The zero-order chi connectivity index (χ0) is 18.9. The van der Waals surface area contributed by atoms with E-state index in [0.29, 0.717) is 0 Å². The molecule has 2 aromatic heterocycles. The number of fused-ring (bicyclic) bond motifs is 3. The minimum absolute atomic E-state index is 0.803. The van der Waals surface area contributed by atoms with Gasteiger partial charge in [0.25, 0.3) is 0 Å². The van der Waals surface area contributed by atoms with Crippen molar-refractivity contribution in [2.45, 2.75) is 25.9 Å². The predicted octanol–water partition coefficient (Wildman–Crippen LogP) is 3.13. The maximum absolute atomic E-state index is 5.81. The Balaban J connectivity index is 1.38. The maximum Gasteiger partial charge on any atom is 0.172 e. The van der Waals surface area contributed by atoms with Gasteiger partial charge in [0.15, 0.2) is 5.76 Å². The van der Waals surface area contributed by atoms with Crippen LogP contribution >= 0.6 is 0 Å². The van der Waals surface area contributed by atoms with Crippen LogP contribution in [0.3, 0.4) is 0 Å². The second-order valence-corrected chi connectivity index (χ2v) is 7.55. The predicted molar refractivity (Wildman–Crippen MR) is 106 cm³/mol. The highest BCUT2D eigenvalue weighted by Gasteiger charge is 2.27. The van der Waals surface area contributed by atoms with Crippen molar-refractivity contribution in [2.24, 2.45) is 0 Å². The number of rotatable bonds is 5. The molecule has 6 nitrogen and oxygen atoms in total. The van der Waals surface area contributed by atoms with Crippen molar-refractivity contribution in [1.29, 1.82) is 0 Å². The molecule has 0 atom stereocenters. The first kappa shape index (κ1) is 17.5. The van der Waals surface area contributed by atoms with Crippen molar-refractivity contribution in [3.05, 3.63) is 59.0 Å². The normalized spacial score (nSPS) is 16.6. The molecule has 6 heteroatoms. The van der Waals surface area contributed by atoms with E-state index in [1.807, 2.05) is 12.1 Å². The maximum atomic E-state index is 5.81. The summed E-state index contributed by atoms with van der Waals surface area (Å²) < 4.78 is 18.8. The van der Waals surface area contributed by atoms with Crippen LogP contribution in [0.5, 0.6) is 5.75 Å². The second kappa shape index (κ2) is 7.45. The minimum atomic E-state index is 0.803. The fraction of sp³-hybridized carbons (Fsp3) is 0.409. The first-order valence-corrected chi connectivity index (χ1v) is 9.89. The molecular formula is C22H25N3O3. The van der Waals surface area contributed by atoms with Gasteiger partial charge in [-0.25, -0.2) is 0 Å². The van der Waals surface area contributed by atoms with Crippen LogP contribution in [0.15, 0.2) is 41.2 Å². The minimum Gasteiger partial charge on any atom is -0.497 e. The Bertz CT molecular complexity index is 969. The van der Waals surface area contributed by atoms with Gasteiger partial charge < -0.3 is 18.6 Å². The molecule has 1 aromatic carbocycles. The largest absolute Gasteiger partial charge is 0.497 e. The first-order chi connectivity index (χ1) is 13.8. The number of hydrogen-bond donors (Lipinski definition) is 0. The summed E-state index contributed by atoms with van der Waals surface area (Å²) in [6.45, 7) is 5.19. The molecular weight excluding hydrogens is 354 g/mol. The Kier molecular flexibility index (Phi) is 4.66. The monoisotopic (exact) mass is 379 g/mol. The topological polar surface area (TPSA) is 52.7 Å². The molecule has 0 saturated carbocycles. The lowest BCUT2D eigenvalue weighted by atomic mass is 9.93. The smallest absolute Gasteiger partial charge is 0.172 e. The quantitative estimate of drug-likeness (QED) is 0.682. The standard InChI is InChI=1S/C22H25N3O3/c1-26-18-4-2-3-16(11-18)12-25-13-17-5-6-19-21(15-24-7-9-27-10-8-24)23-28-22(19)20(17)14-25/h2-4,11,13-14H,5-10,12,15H2,1H3. The van der Waals surface area contributed by atoms with Gasteiger partial charge in [0.1, 0.15) is 11.4 Å². The Morgan fingerprint density at radius 1 is 1.11 bits per heavy atom. The summed E-state index contributed by atoms with van der Waals surface area (Å²) in [7, 11) is 1.70. The van der Waals surface area contributed by atoms with Crippen molar-refractivity contribution < 1.29 is 14.0 Å². The molecule has 1 saturated heterocycles. The van der Waals surface area contributed by atoms with Crippen LogP contribution < -0.4 is 4.74 Å². The summed E-state index contributed by atoms with van der Waals surface area (Å²) in [5.74, 6) is 1.84. The Morgan fingerprint density at radius 2 is 2.00 bits per heavy atom. The van der Waals surface area contributed by atoms with Crippen LogP contribution in [0.1, 0.15) is 22.4 Å². The van der Waals surface area contributed by atoms with Gasteiger partial charge >= 0.3 is 0 Å². The molecule has 5 rings (SSSR count). The number of methoxy groups -OCH3 is 1. The molecule has 1 aliphatic carbocycles. The molecule has 0 bridgehead atoms. The van der Waals surface area contributed by atoms with Gasteiger partial charge in [-0.15, -0.1) is 0 Å². The molecule has 2 aliphatic rings. The van der Waals surface area contributed by atoms with E-state index in [-0.39, 0.29) is 0 Å². The van der Waals surface area contributed by atoms with Gasteiger partial charge in [-0.05, 0) is 36.1 Å². The summed E-state index contributed by atoms with van der Waals surface area (Å²) in [5, 5.41) is 4.42. The van der Waals surface area contributed by atoms with E-state index in [1.54, 1.807) is 7.11 Å². The third-order valence-electron chi connectivity index (χ3n) is 5.70. The summed E-state index contributed by atoms with van der Waals surface area (Å²) in [5.41, 5.74) is 6.10. The zero-order valence-electron chi connectivity index (χ0n) is 16.2. The van der Waals surface area contributed by atoms with Crippen LogP contribution in [0.4, 0.5) is 0 Å². The number of morpholine rings is 1. The molecule has 0 radical (unpaired) electrons. The highest BCUT2D eigenvalue weighted by atomic mass is 16.5. The molecule has 0 spiro atoms. The van der Waals surface area contributed by atoms with Crippen LogP contribution in [-0.4, -0.2) is 48.0 Å². The van der Waals surface area contributed by atoms with Gasteiger partial charge in [0.05, 0.1) is 20.3 Å². The third-order valence-corrected chi connectivity index (χ3v) is 5.70. The molecule has 3 heterocycles. The lowest BCUT2D eigenvalue weighted by Crippen LogP contribution is -2.36. The van der Waals surface area contributed by atoms with Crippen molar-refractivity contribution >= 4 is 0 Å². The highest BCUT2D eigenvalue weighted by Crippen LogP contribution is 2.36. The molecule has 3 aromatic rings. The number of aromatic nitrogens is 2. The van der Waals surface area contributed by atoms with Gasteiger partial charge in [-0.1, -0.05) is 17.3 Å². The fourth-order valence-corrected chi connectivity index (χ4v) is 4.20. The number of hydrogen-bond acceptors (Lipinski definition) is 5. The van der Waals surface area contributed by atoms with E-state index in [1.165, 1.54) is 22.3 Å². The van der Waals surface area contributed by atoms with Gasteiger partial charge in [-0.2, -0.15) is 0 Å². The fourth-order valence-electron chi connectivity index (χ4n) is 4.20. The van der Waals surface area contributed by atoms with Gasteiger partial charge in [0, 0.05) is 49.7 Å². The van der Waals surface area contributed by atoms with Crippen LogP contribution in [0.25, 0.3) is 11.3 Å². The van der Waals surface area contributed by atoms with E-state index in [4.69, 9.17) is 14.0 Å². The molecule has 1 aliphatic heterocycles. The summed E-state index contributed by atoms with van der Waals surface area (Å²) in [6, 6.07) is 8.21. The molecule has 0 amide bonds. The first-order valence-electron chi connectivity index (χ1n) is 9.89. The molecule has 0 N–H and O–H groups in total. The van der Waals surface area contributed by atoms with E-state index in [0.717, 1.165) is 69.4 Å². The van der Waals surface area contributed by atoms with Gasteiger partial charge in [0.2, 0.25) is 0 Å². The zero-order valence-corrected chi connectivity index (χ0v) is 16.2. The average molecular weight is 379 g/mol. The number of benzene rings is 1. The summed E-state index contributed by atoms with van der Waals surface area (Å²) in [4.78, 5) is 2.39. The van der Waals surface area contributed by atoms with Crippen molar-refractivity contribution in [2.75, 3.05) is 33.4 Å². The number of ether oxygens (including phenoxy) is 2. The van der Waals surface area contributed by atoms with Crippen molar-refractivity contribution in [3.63, 3.8) is 0 Å². The highest BCUT2D eigenvalue weighted by molar-refractivity contribution is 5.68. The van der Waals surface area contributed by atoms with Crippen LogP contribution in [0, 0.1) is 0 Å². The lowest BCUT2D eigenvalue weighted by molar-refractivity contribution is 0.0331. The summed E-state index contributed by atoms with van der Waals surface area (Å²) in [6.07, 6.45) is 6.46. The average Bonchev–Trinajstić information content (AvgIpc) is 3.32.